The summed E-state index contributed by atoms with van der Waals surface area (Å²) in [5.41, 5.74) is -0.722. The van der Waals surface area contributed by atoms with Gasteiger partial charge in [0.1, 0.15) is 0 Å². The van der Waals surface area contributed by atoms with Crippen LogP contribution in [0.3, 0.4) is 0 Å². The molecule has 0 amide bonds. The van der Waals surface area contributed by atoms with Gasteiger partial charge in [-0.15, -0.1) is 0 Å². The van der Waals surface area contributed by atoms with E-state index >= 15 is 0 Å². The first-order valence-electron chi connectivity index (χ1n) is 7.54. The smallest absolute Gasteiger partial charge is 0.416 e. The van der Waals surface area contributed by atoms with Gasteiger partial charge in [-0.3, -0.25) is 0 Å². The predicted molar refractivity (Wildman–Crippen MR) is 92.0 cm³/mol. The van der Waals surface area contributed by atoms with Crippen molar-refractivity contribution in [3.63, 3.8) is 0 Å². The van der Waals surface area contributed by atoms with Crippen molar-refractivity contribution in [2.24, 2.45) is 0 Å². The average Bonchev–Trinajstić information content (AvgIpc) is 3.05. The lowest BCUT2D eigenvalue weighted by molar-refractivity contribution is -0.138. The number of halogens is 6. The van der Waals surface area contributed by atoms with Crippen LogP contribution in [0.5, 0.6) is 11.5 Å². The second-order valence-corrected chi connectivity index (χ2v) is 6.92. The monoisotopic (exact) mass is 469 g/mol. The molecule has 0 aliphatic carbocycles. The fourth-order valence-corrected chi connectivity index (χ4v) is 3.19. The number of anilines is 1. The summed E-state index contributed by atoms with van der Waals surface area (Å²) in [5.74, 6) is -3.41. The highest BCUT2D eigenvalue weighted by Crippen LogP contribution is 2.39. The molecule has 1 heterocycles. The molecule has 0 N–H and O–H groups in total. The molecule has 2 aromatic carbocycles. The zero-order valence-corrected chi connectivity index (χ0v) is 15.0. The number of ether oxygens (including phenoxy) is 1. The molecule has 134 valence electrons. The van der Waals surface area contributed by atoms with Crippen LogP contribution in [0.15, 0.2) is 30.3 Å². The number of nitrogens with zero attached hydrogens (tertiary/aromatic N) is 1. The minimum Gasteiger partial charge on any atom is -0.449 e. The minimum absolute atomic E-state index is 0.208. The zero-order valence-electron chi connectivity index (χ0n) is 12.8. The van der Waals surface area contributed by atoms with Gasteiger partial charge in [-0.1, -0.05) is 0 Å². The van der Waals surface area contributed by atoms with Crippen molar-refractivity contribution in [1.29, 1.82) is 0 Å². The van der Waals surface area contributed by atoms with Gasteiger partial charge in [-0.05, 0) is 65.8 Å². The molecule has 1 aliphatic heterocycles. The highest BCUT2D eigenvalue weighted by atomic mass is 127. The Balaban J connectivity index is 1.98. The average molecular weight is 469 g/mol. The first kappa shape index (κ1) is 18.2. The molecule has 0 bridgehead atoms. The van der Waals surface area contributed by atoms with Crippen LogP contribution >= 0.6 is 22.6 Å². The molecular weight excluding hydrogens is 456 g/mol. The summed E-state index contributed by atoms with van der Waals surface area (Å²) >= 11 is 2.11. The van der Waals surface area contributed by atoms with Gasteiger partial charge in [-0.25, -0.2) is 8.78 Å². The Bertz CT molecular complexity index is 764. The number of benzene rings is 2. The van der Waals surface area contributed by atoms with Crippen molar-refractivity contribution in [3.05, 3.63) is 51.1 Å². The Morgan fingerprint density at radius 1 is 0.960 bits per heavy atom. The predicted octanol–water partition coefficient (Wildman–Crippen LogP) is 5.98. The summed E-state index contributed by atoms with van der Waals surface area (Å²) in [6, 6.07) is 5.56. The van der Waals surface area contributed by atoms with Crippen LogP contribution < -0.4 is 9.64 Å². The summed E-state index contributed by atoms with van der Waals surface area (Å²) < 4.78 is 72.2. The van der Waals surface area contributed by atoms with E-state index in [1.54, 1.807) is 12.1 Å². The fraction of sp³-hybridized carbons (Fsp3) is 0.294. The molecule has 0 atom stereocenters. The lowest BCUT2D eigenvalue weighted by Crippen LogP contribution is -2.18. The maximum absolute atomic E-state index is 14.0. The highest BCUT2D eigenvalue weighted by Gasteiger charge is 2.33. The normalized spacial score (nSPS) is 14.9. The van der Waals surface area contributed by atoms with Crippen molar-refractivity contribution in [3.8, 4) is 11.5 Å². The number of alkyl halides is 3. The SMILES string of the molecule is Fc1cc(C(F)(F)F)cc(F)c1Oc1ccc(I)cc1N1CCCC1. The molecule has 2 nitrogen and oxygen atoms in total. The number of rotatable bonds is 3. The Hall–Kier alpha value is -1.58. The molecule has 1 fully saturated rings. The van der Waals surface area contributed by atoms with Crippen LogP contribution in [0.2, 0.25) is 0 Å². The van der Waals surface area contributed by atoms with Gasteiger partial charge in [-0.2, -0.15) is 13.2 Å². The van der Waals surface area contributed by atoms with Crippen molar-refractivity contribution >= 4 is 28.3 Å². The molecular formula is C17H13F5INO. The highest BCUT2D eigenvalue weighted by molar-refractivity contribution is 14.1. The Morgan fingerprint density at radius 2 is 1.56 bits per heavy atom. The first-order chi connectivity index (χ1) is 11.8. The van der Waals surface area contributed by atoms with Crippen LogP contribution in [0.1, 0.15) is 18.4 Å². The quantitative estimate of drug-likeness (QED) is 0.405. The van der Waals surface area contributed by atoms with Gasteiger partial charge < -0.3 is 9.64 Å². The topological polar surface area (TPSA) is 12.5 Å². The van der Waals surface area contributed by atoms with Crippen LogP contribution in [0.4, 0.5) is 27.6 Å². The summed E-state index contributed by atoms with van der Waals surface area (Å²) in [5, 5.41) is 0. The third-order valence-electron chi connectivity index (χ3n) is 3.91. The molecule has 0 saturated carbocycles. The van der Waals surface area contributed by atoms with Crippen molar-refractivity contribution < 1.29 is 26.7 Å². The molecule has 0 unspecified atom stereocenters. The molecule has 25 heavy (non-hydrogen) atoms. The Labute approximate surface area is 154 Å². The second-order valence-electron chi connectivity index (χ2n) is 5.68. The Kier molecular flexibility index (Phi) is 5.08. The van der Waals surface area contributed by atoms with Crippen LogP contribution in [-0.4, -0.2) is 13.1 Å². The van der Waals surface area contributed by atoms with Gasteiger partial charge in [0.25, 0.3) is 0 Å². The zero-order chi connectivity index (χ0) is 18.2. The maximum Gasteiger partial charge on any atom is 0.416 e. The second kappa shape index (κ2) is 6.97. The van der Waals surface area contributed by atoms with Crippen LogP contribution in [0, 0.1) is 15.2 Å². The van der Waals surface area contributed by atoms with E-state index < -0.39 is 29.1 Å². The van der Waals surface area contributed by atoms with E-state index in [0.29, 0.717) is 5.69 Å². The maximum atomic E-state index is 14.0. The molecule has 0 aromatic heterocycles. The molecule has 8 heteroatoms. The molecule has 0 spiro atoms. The van der Waals surface area contributed by atoms with E-state index in [4.69, 9.17) is 4.74 Å². The summed E-state index contributed by atoms with van der Waals surface area (Å²) in [6.07, 6.45) is -2.84. The molecule has 2 aromatic rings. The van der Waals surface area contributed by atoms with E-state index in [1.165, 1.54) is 0 Å². The third kappa shape index (κ3) is 3.99. The fourth-order valence-electron chi connectivity index (χ4n) is 2.71. The van der Waals surface area contributed by atoms with Gasteiger partial charge in [0, 0.05) is 16.7 Å². The summed E-state index contributed by atoms with van der Waals surface area (Å²) in [6.45, 7) is 1.57. The molecule has 3 rings (SSSR count). The van der Waals surface area contributed by atoms with E-state index in [0.717, 1.165) is 29.5 Å². The van der Waals surface area contributed by atoms with E-state index in [1.807, 2.05) is 11.0 Å². The van der Waals surface area contributed by atoms with E-state index in [2.05, 4.69) is 22.6 Å². The molecule has 1 aliphatic rings. The summed E-state index contributed by atoms with van der Waals surface area (Å²) in [7, 11) is 0. The van der Waals surface area contributed by atoms with Gasteiger partial charge in [0.05, 0.1) is 11.3 Å². The lowest BCUT2D eigenvalue weighted by atomic mass is 10.2. The third-order valence-corrected chi connectivity index (χ3v) is 4.58. The molecule has 0 radical (unpaired) electrons. The van der Waals surface area contributed by atoms with Gasteiger partial charge >= 0.3 is 6.18 Å². The number of hydrogen-bond donors (Lipinski definition) is 0. The van der Waals surface area contributed by atoms with Crippen molar-refractivity contribution in [2.75, 3.05) is 18.0 Å². The van der Waals surface area contributed by atoms with Gasteiger partial charge in [0.15, 0.2) is 23.1 Å². The Morgan fingerprint density at radius 3 is 2.12 bits per heavy atom. The van der Waals surface area contributed by atoms with E-state index in [9.17, 15) is 22.0 Å². The number of hydrogen-bond acceptors (Lipinski definition) is 2. The largest absolute Gasteiger partial charge is 0.449 e. The van der Waals surface area contributed by atoms with E-state index in [-0.39, 0.29) is 17.9 Å². The minimum atomic E-state index is -4.83. The van der Waals surface area contributed by atoms with Crippen molar-refractivity contribution in [1.82, 2.24) is 0 Å². The molecule has 1 saturated heterocycles. The lowest BCUT2D eigenvalue weighted by Gasteiger charge is -2.22. The van der Waals surface area contributed by atoms with Crippen molar-refractivity contribution in [2.45, 2.75) is 19.0 Å². The first-order valence-corrected chi connectivity index (χ1v) is 8.62. The summed E-state index contributed by atoms with van der Waals surface area (Å²) in [4.78, 5) is 2.03. The van der Waals surface area contributed by atoms with Crippen LogP contribution in [0.25, 0.3) is 0 Å². The van der Waals surface area contributed by atoms with Gasteiger partial charge in [0.2, 0.25) is 0 Å². The van der Waals surface area contributed by atoms with Crippen LogP contribution in [-0.2, 0) is 6.18 Å². The standard InChI is InChI=1S/C17H13F5INO/c18-12-7-10(17(20,21)22)8-13(19)16(12)25-15-4-3-11(23)9-14(15)24-5-1-2-6-24/h3-4,7-9H,1-2,5-6H2.